The highest BCUT2D eigenvalue weighted by Gasteiger charge is 2.14. The zero-order chi connectivity index (χ0) is 23.2. The molecule has 0 bridgehead atoms. The summed E-state index contributed by atoms with van der Waals surface area (Å²) in [4.78, 5) is 16.9. The lowest BCUT2D eigenvalue weighted by molar-refractivity contribution is 0.0949. The van der Waals surface area contributed by atoms with E-state index in [4.69, 9.17) is 28.2 Å². The largest absolute Gasteiger partial charge is 0.352 e. The molecular weight excluding hydrogens is 460 g/mol. The third-order valence-electron chi connectivity index (χ3n) is 5.59. The summed E-state index contributed by atoms with van der Waals surface area (Å²) in [6, 6.07) is 19.5. The molecule has 170 valence electrons. The molecule has 3 aromatic carbocycles. The van der Waals surface area contributed by atoms with Crippen LogP contribution < -0.4 is 5.32 Å². The third-order valence-corrected chi connectivity index (χ3v) is 6.30. The molecule has 0 aliphatic carbocycles. The van der Waals surface area contributed by atoms with E-state index in [9.17, 15) is 9.18 Å². The van der Waals surface area contributed by atoms with Gasteiger partial charge in [0, 0.05) is 28.6 Å². The molecule has 0 fully saturated rings. The Bertz CT molecular complexity index is 1250. The maximum Gasteiger partial charge on any atom is 0.254 e. The number of fused-ring (bicyclic) bond motifs is 1. The number of imidazole rings is 1. The van der Waals surface area contributed by atoms with Crippen LogP contribution in [0.3, 0.4) is 0 Å². The third kappa shape index (κ3) is 5.55. The van der Waals surface area contributed by atoms with E-state index in [1.165, 1.54) is 12.1 Å². The molecular formula is C26H24Cl2FN3O. The van der Waals surface area contributed by atoms with E-state index in [0.717, 1.165) is 48.1 Å². The molecule has 1 aromatic heterocycles. The smallest absolute Gasteiger partial charge is 0.254 e. The maximum atomic E-state index is 13.7. The minimum atomic E-state index is -0.507. The average Bonchev–Trinajstić information content (AvgIpc) is 3.16. The summed E-state index contributed by atoms with van der Waals surface area (Å²) in [6.45, 7) is 1.05. The number of hydrogen-bond acceptors (Lipinski definition) is 2. The Labute approximate surface area is 202 Å². The fraction of sp³-hybridized carbons (Fsp3) is 0.231. The van der Waals surface area contributed by atoms with Crippen molar-refractivity contribution in [1.82, 2.24) is 14.9 Å². The van der Waals surface area contributed by atoms with Crippen LogP contribution >= 0.6 is 23.2 Å². The predicted octanol–water partition coefficient (Wildman–Crippen LogP) is 6.67. The fourth-order valence-corrected chi connectivity index (χ4v) is 4.38. The highest BCUT2D eigenvalue weighted by atomic mass is 35.5. The van der Waals surface area contributed by atoms with Gasteiger partial charge in [-0.1, -0.05) is 60.0 Å². The van der Waals surface area contributed by atoms with E-state index in [1.54, 1.807) is 12.1 Å². The summed E-state index contributed by atoms with van der Waals surface area (Å²) in [6.07, 6.45) is 3.41. The first kappa shape index (κ1) is 23.3. The number of para-hydroxylation sites is 2. The van der Waals surface area contributed by atoms with Gasteiger partial charge in [0.05, 0.1) is 23.1 Å². The van der Waals surface area contributed by atoms with E-state index in [-0.39, 0.29) is 11.5 Å². The fourth-order valence-electron chi connectivity index (χ4n) is 3.86. The molecule has 1 N–H and O–H groups in total. The number of rotatable bonds is 9. The summed E-state index contributed by atoms with van der Waals surface area (Å²) in [5, 5.41) is 4.06. The SMILES string of the molecule is O=C(NCCCCCc1nc2ccccc2n1Cc1c(Cl)cccc1Cl)c1ccccc1F. The van der Waals surface area contributed by atoms with Gasteiger partial charge in [0.2, 0.25) is 0 Å². The Kier molecular flexibility index (Phi) is 7.63. The van der Waals surface area contributed by atoms with E-state index in [0.29, 0.717) is 23.1 Å². The van der Waals surface area contributed by atoms with Crippen LogP contribution in [-0.4, -0.2) is 22.0 Å². The summed E-state index contributed by atoms with van der Waals surface area (Å²) in [5.74, 6) is 0.0848. The number of hydrogen-bond donors (Lipinski definition) is 1. The van der Waals surface area contributed by atoms with E-state index in [2.05, 4.69) is 16.0 Å². The number of nitrogens with zero attached hydrogens (tertiary/aromatic N) is 2. The van der Waals surface area contributed by atoms with Crippen molar-refractivity contribution in [3.8, 4) is 0 Å². The van der Waals surface area contributed by atoms with Crippen molar-refractivity contribution >= 4 is 40.1 Å². The van der Waals surface area contributed by atoms with E-state index < -0.39 is 5.82 Å². The summed E-state index contributed by atoms with van der Waals surface area (Å²) >= 11 is 12.8. The van der Waals surface area contributed by atoms with E-state index >= 15 is 0 Å². The van der Waals surface area contributed by atoms with Gasteiger partial charge in [-0.05, 0) is 49.2 Å². The zero-order valence-corrected chi connectivity index (χ0v) is 19.5. The van der Waals surface area contributed by atoms with Crippen LogP contribution in [0.1, 0.15) is 41.0 Å². The van der Waals surface area contributed by atoms with Gasteiger partial charge in [-0.25, -0.2) is 9.37 Å². The minimum Gasteiger partial charge on any atom is -0.352 e. The Morgan fingerprint density at radius 3 is 2.42 bits per heavy atom. The molecule has 0 saturated carbocycles. The topological polar surface area (TPSA) is 46.9 Å². The molecule has 1 amide bonds. The monoisotopic (exact) mass is 483 g/mol. The van der Waals surface area contributed by atoms with Gasteiger partial charge in [0.1, 0.15) is 11.6 Å². The number of aryl methyl sites for hydroxylation is 1. The molecule has 4 nitrogen and oxygen atoms in total. The van der Waals surface area contributed by atoms with Crippen LogP contribution in [0.25, 0.3) is 11.0 Å². The number of carbonyl (C=O) groups is 1. The van der Waals surface area contributed by atoms with Gasteiger partial charge < -0.3 is 9.88 Å². The number of benzene rings is 3. The van der Waals surface area contributed by atoms with Crippen molar-refractivity contribution in [2.24, 2.45) is 0 Å². The van der Waals surface area contributed by atoms with Gasteiger partial charge in [-0.15, -0.1) is 0 Å². The molecule has 4 aromatic rings. The number of carbonyl (C=O) groups excluding carboxylic acids is 1. The normalized spacial score (nSPS) is 11.1. The lowest BCUT2D eigenvalue weighted by Crippen LogP contribution is -2.25. The maximum absolute atomic E-state index is 13.7. The first-order valence-corrected chi connectivity index (χ1v) is 11.7. The lowest BCUT2D eigenvalue weighted by atomic mass is 10.1. The molecule has 7 heteroatoms. The molecule has 0 radical (unpaired) electrons. The number of amides is 1. The van der Waals surface area contributed by atoms with Crippen LogP contribution in [0.5, 0.6) is 0 Å². The van der Waals surface area contributed by atoms with Crippen LogP contribution in [0.4, 0.5) is 4.39 Å². The van der Waals surface area contributed by atoms with Crippen molar-refractivity contribution in [3.63, 3.8) is 0 Å². The number of halogens is 3. The van der Waals surface area contributed by atoms with Crippen molar-refractivity contribution in [2.75, 3.05) is 6.54 Å². The zero-order valence-electron chi connectivity index (χ0n) is 18.0. The highest BCUT2D eigenvalue weighted by molar-refractivity contribution is 6.36. The second-order valence-electron chi connectivity index (χ2n) is 7.85. The molecule has 0 atom stereocenters. The number of nitrogens with one attached hydrogen (secondary N) is 1. The average molecular weight is 484 g/mol. The van der Waals surface area contributed by atoms with Crippen molar-refractivity contribution in [2.45, 2.75) is 32.2 Å². The van der Waals surface area contributed by atoms with Gasteiger partial charge in [-0.2, -0.15) is 0 Å². The van der Waals surface area contributed by atoms with E-state index in [1.807, 2.05) is 36.4 Å². The van der Waals surface area contributed by atoms with Gasteiger partial charge in [-0.3, -0.25) is 4.79 Å². The van der Waals surface area contributed by atoms with Crippen LogP contribution in [0.15, 0.2) is 66.7 Å². The Balaban J connectivity index is 1.36. The molecule has 0 aliphatic rings. The summed E-state index contributed by atoms with van der Waals surface area (Å²) in [7, 11) is 0. The first-order valence-electron chi connectivity index (χ1n) is 10.9. The minimum absolute atomic E-state index is 0.0736. The molecule has 0 saturated heterocycles. The van der Waals surface area contributed by atoms with Crippen LogP contribution in [0, 0.1) is 5.82 Å². The molecule has 33 heavy (non-hydrogen) atoms. The molecule has 0 unspecified atom stereocenters. The summed E-state index contributed by atoms with van der Waals surface area (Å²) < 4.78 is 15.9. The number of unbranched alkanes of at least 4 members (excludes halogenated alkanes) is 2. The second-order valence-corrected chi connectivity index (χ2v) is 8.66. The Morgan fingerprint density at radius 2 is 1.64 bits per heavy atom. The molecule has 1 heterocycles. The first-order chi connectivity index (χ1) is 16.0. The molecule has 0 spiro atoms. The summed E-state index contributed by atoms with van der Waals surface area (Å²) in [5.41, 5.74) is 2.93. The van der Waals surface area contributed by atoms with Crippen molar-refractivity contribution < 1.29 is 9.18 Å². The second kappa shape index (κ2) is 10.8. The quantitative estimate of drug-likeness (QED) is 0.270. The van der Waals surface area contributed by atoms with Gasteiger partial charge >= 0.3 is 0 Å². The standard InChI is InChI=1S/C26H24Cl2FN3O/c27-20-10-8-11-21(28)19(20)17-32-24-14-6-5-13-23(24)31-25(32)15-2-1-7-16-30-26(33)18-9-3-4-12-22(18)29/h3-6,8-14H,1-2,7,15-17H2,(H,30,33). The Morgan fingerprint density at radius 1 is 0.909 bits per heavy atom. The number of aromatic nitrogens is 2. The van der Waals surface area contributed by atoms with Crippen molar-refractivity contribution in [3.05, 3.63) is 99.5 Å². The van der Waals surface area contributed by atoms with Gasteiger partial charge in [0.25, 0.3) is 5.91 Å². The lowest BCUT2D eigenvalue weighted by Gasteiger charge is -2.12. The predicted molar refractivity (Wildman–Crippen MR) is 132 cm³/mol. The van der Waals surface area contributed by atoms with Gasteiger partial charge in [0.15, 0.2) is 0 Å². The van der Waals surface area contributed by atoms with Crippen LogP contribution in [0.2, 0.25) is 10.0 Å². The molecule has 0 aliphatic heterocycles. The Hall–Kier alpha value is -2.89. The highest BCUT2D eigenvalue weighted by Crippen LogP contribution is 2.28. The molecule has 4 rings (SSSR count). The van der Waals surface area contributed by atoms with Crippen LogP contribution in [-0.2, 0) is 13.0 Å². The van der Waals surface area contributed by atoms with Crippen molar-refractivity contribution in [1.29, 1.82) is 0 Å².